The third kappa shape index (κ3) is 1.75. The second-order valence-electron chi connectivity index (χ2n) is 7.95. The van der Waals surface area contributed by atoms with Crippen molar-refractivity contribution in [1.29, 1.82) is 0 Å². The van der Waals surface area contributed by atoms with Gasteiger partial charge in [-0.2, -0.15) is 0 Å². The summed E-state index contributed by atoms with van der Waals surface area (Å²) in [6, 6.07) is 7.26. The fourth-order valence-electron chi connectivity index (χ4n) is 5.22. The number of aliphatic hydroxyl groups is 1. The van der Waals surface area contributed by atoms with Crippen LogP contribution in [0.1, 0.15) is 40.0 Å². The van der Waals surface area contributed by atoms with E-state index in [0.717, 1.165) is 16.7 Å². The van der Waals surface area contributed by atoms with E-state index in [-0.39, 0.29) is 25.5 Å². The van der Waals surface area contributed by atoms with Crippen molar-refractivity contribution in [3.05, 3.63) is 46.5 Å². The molecule has 3 unspecified atom stereocenters. The molecule has 0 spiro atoms. The minimum Gasteiger partial charge on any atom is -0.454 e. The van der Waals surface area contributed by atoms with Crippen LogP contribution in [0.25, 0.3) is 0 Å². The zero-order valence-electron chi connectivity index (χ0n) is 15.5. The van der Waals surface area contributed by atoms with E-state index in [1.54, 1.807) is 11.9 Å². The minimum atomic E-state index is -0.695. The quantitative estimate of drug-likeness (QED) is 0.754. The van der Waals surface area contributed by atoms with Gasteiger partial charge in [-0.1, -0.05) is 13.0 Å². The predicted octanol–water partition coefficient (Wildman–Crippen LogP) is 2.15. The molecule has 3 heterocycles. The molecule has 0 saturated carbocycles. The third-order valence-corrected chi connectivity index (χ3v) is 6.64. The molecular formula is C21H19NO6. The number of benzene rings is 2. The first kappa shape index (κ1) is 16.1. The number of fused-ring (bicyclic) bond motifs is 8. The maximum atomic E-state index is 13.4. The van der Waals surface area contributed by atoms with Crippen LogP contribution in [-0.4, -0.2) is 42.7 Å². The molecule has 1 aliphatic carbocycles. The molecule has 3 atom stereocenters. The van der Waals surface area contributed by atoms with Crippen molar-refractivity contribution in [2.24, 2.45) is 0 Å². The van der Waals surface area contributed by atoms with E-state index in [2.05, 4.69) is 0 Å². The second kappa shape index (κ2) is 5.11. The van der Waals surface area contributed by atoms with E-state index in [1.807, 2.05) is 31.2 Å². The number of hydrogen-bond acceptors (Lipinski definition) is 6. The Morgan fingerprint density at radius 3 is 2.61 bits per heavy atom. The Morgan fingerprint density at radius 2 is 1.79 bits per heavy atom. The normalized spacial score (nSPS) is 28.7. The predicted molar refractivity (Wildman–Crippen MR) is 97.0 cm³/mol. The molecule has 2 aromatic carbocycles. The number of hydrogen-bond donors (Lipinski definition) is 1. The summed E-state index contributed by atoms with van der Waals surface area (Å²) in [5, 5.41) is 11.3. The number of carbonyl (C=O) groups is 1. The van der Waals surface area contributed by atoms with Gasteiger partial charge in [-0.15, -0.1) is 0 Å². The number of rotatable bonds is 0. The van der Waals surface area contributed by atoms with Gasteiger partial charge in [0.1, 0.15) is 0 Å². The highest BCUT2D eigenvalue weighted by Crippen LogP contribution is 2.57. The Bertz CT molecular complexity index is 1050. The largest absolute Gasteiger partial charge is 0.454 e. The van der Waals surface area contributed by atoms with Gasteiger partial charge in [0.05, 0.1) is 17.7 Å². The maximum absolute atomic E-state index is 13.4. The van der Waals surface area contributed by atoms with Crippen LogP contribution in [0.2, 0.25) is 0 Å². The lowest BCUT2D eigenvalue weighted by atomic mass is 9.60. The molecule has 2 aromatic rings. The van der Waals surface area contributed by atoms with E-state index < -0.39 is 11.5 Å². The summed E-state index contributed by atoms with van der Waals surface area (Å²) in [4.78, 5) is 15.1. The molecular weight excluding hydrogens is 362 g/mol. The van der Waals surface area contributed by atoms with Gasteiger partial charge in [0, 0.05) is 12.5 Å². The summed E-state index contributed by atoms with van der Waals surface area (Å²) >= 11 is 0. The maximum Gasteiger partial charge on any atom is 0.258 e. The average molecular weight is 381 g/mol. The standard InChI is InChI=1S/C21H19NO6/c1-21-12-3-4-13-18(28-9-25-13)17(12)20(24)22(2)19(21)11-7-15-14(26-8-27-15)5-10(11)6-16(21)23/h3-5,7,16,19,23H,6,8-9H2,1-2H3. The molecule has 0 aromatic heterocycles. The molecule has 0 radical (unpaired) electrons. The van der Waals surface area contributed by atoms with Crippen molar-refractivity contribution in [1.82, 2.24) is 4.90 Å². The summed E-state index contributed by atoms with van der Waals surface area (Å²) in [7, 11) is 1.77. The molecule has 1 N–H and O–H groups in total. The van der Waals surface area contributed by atoms with Gasteiger partial charge in [0.25, 0.3) is 5.91 Å². The van der Waals surface area contributed by atoms with Crippen molar-refractivity contribution in [3.8, 4) is 23.0 Å². The number of aliphatic hydroxyl groups excluding tert-OH is 1. The first-order valence-corrected chi connectivity index (χ1v) is 9.31. The summed E-state index contributed by atoms with van der Waals surface area (Å²) in [6.45, 7) is 2.29. The van der Waals surface area contributed by atoms with E-state index >= 15 is 0 Å². The lowest BCUT2D eigenvalue weighted by Gasteiger charge is -2.53. The lowest BCUT2D eigenvalue weighted by Crippen LogP contribution is -2.57. The first-order valence-electron chi connectivity index (χ1n) is 9.31. The number of amides is 1. The Morgan fingerprint density at radius 1 is 1.07 bits per heavy atom. The molecule has 4 aliphatic rings. The van der Waals surface area contributed by atoms with Crippen molar-refractivity contribution in [3.63, 3.8) is 0 Å². The summed E-state index contributed by atoms with van der Waals surface area (Å²) in [5.41, 5.74) is 2.54. The van der Waals surface area contributed by atoms with Gasteiger partial charge in [-0.25, -0.2) is 0 Å². The summed E-state index contributed by atoms with van der Waals surface area (Å²) < 4.78 is 22.2. The summed E-state index contributed by atoms with van der Waals surface area (Å²) in [5.74, 6) is 2.25. The molecule has 0 saturated heterocycles. The SMILES string of the molecule is CN1C(=O)c2c(ccc3c2OCO3)C2(C)C(O)Cc3cc4c(cc3C12)OCO4. The van der Waals surface area contributed by atoms with Gasteiger partial charge >= 0.3 is 0 Å². The number of nitrogens with zero attached hydrogens (tertiary/aromatic N) is 1. The van der Waals surface area contributed by atoms with E-state index in [9.17, 15) is 9.90 Å². The van der Waals surface area contributed by atoms with E-state index in [1.165, 1.54) is 0 Å². The van der Waals surface area contributed by atoms with Crippen molar-refractivity contribution in [2.75, 3.05) is 20.6 Å². The van der Waals surface area contributed by atoms with Crippen LogP contribution in [0.15, 0.2) is 24.3 Å². The molecule has 28 heavy (non-hydrogen) atoms. The number of carbonyl (C=O) groups excluding carboxylic acids is 1. The van der Waals surface area contributed by atoms with Gasteiger partial charge in [0.2, 0.25) is 13.6 Å². The average Bonchev–Trinajstić information content (AvgIpc) is 3.33. The fraction of sp³-hybridized carbons (Fsp3) is 0.381. The number of likely N-dealkylation sites (N-methyl/N-ethyl adjacent to an activating group) is 1. The van der Waals surface area contributed by atoms with Crippen molar-refractivity contribution >= 4 is 5.91 Å². The third-order valence-electron chi connectivity index (χ3n) is 6.64. The molecule has 144 valence electrons. The highest BCUT2D eigenvalue weighted by Gasteiger charge is 2.56. The zero-order chi connectivity index (χ0) is 19.2. The smallest absolute Gasteiger partial charge is 0.258 e. The molecule has 7 nitrogen and oxygen atoms in total. The van der Waals surface area contributed by atoms with Crippen molar-refractivity contribution < 1.29 is 28.8 Å². The highest BCUT2D eigenvalue weighted by atomic mass is 16.7. The van der Waals surface area contributed by atoms with Gasteiger partial charge in [-0.3, -0.25) is 4.79 Å². The van der Waals surface area contributed by atoms with E-state index in [0.29, 0.717) is 35.0 Å². The molecule has 0 fully saturated rings. The monoisotopic (exact) mass is 381 g/mol. The molecule has 7 heteroatoms. The fourth-order valence-corrected chi connectivity index (χ4v) is 5.22. The Labute approximate surface area is 161 Å². The topological polar surface area (TPSA) is 77.5 Å². The van der Waals surface area contributed by atoms with Crippen LogP contribution in [0, 0.1) is 0 Å². The molecule has 1 amide bonds. The molecule has 6 rings (SSSR count). The Hall–Kier alpha value is -2.93. The minimum absolute atomic E-state index is 0.0950. The molecule has 0 bridgehead atoms. The Kier molecular flexibility index (Phi) is 2.93. The highest BCUT2D eigenvalue weighted by molar-refractivity contribution is 6.01. The van der Waals surface area contributed by atoms with Crippen LogP contribution in [0.3, 0.4) is 0 Å². The summed E-state index contributed by atoms with van der Waals surface area (Å²) in [6.07, 6.45) is -0.213. The number of ether oxygens (including phenoxy) is 4. The van der Waals surface area contributed by atoms with Crippen LogP contribution in [-0.2, 0) is 11.8 Å². The van der Waals surface area contributed by atoms with E-state index in [4.69, 9.17) is 18.9 Å². The van der Waals surface area contributed by atoms with Gasteiger partial charge in [0.15, 0.2) is 23.0 Å². The van der Waals surface area contributed by atoms with Crippen LogP contribution in [0.5, 0.6) is 23.0 Å². The first-order chi connectivity index (χ1) is 13.5. The second-order valence-corrected chi connectivity index (χ2v) is 7.95. The van der Waals surface area contributed by atoms with Gasteiger partial charge in [-0.05, 0) is 41.3 Å². The van der Waals surface area contributed by atoms with Gasteiger partial charge < -0.3 is 29.0 Å². The lowest BCUT2D eigenvalue weighted by molar-refractivity contribution is 0.00594. The Balaban J connectivity index is 1.62. The van der Waals surface area contributed by atoms with Crippen LogP contribution >= 0.6 is 0 Å². The van der Waals surface area contributed by atoms with Crippen LogP contribution < -0.4 is 18.9 Å². The van der Waals surface area contributed by atoms with Crippen LogP contribution in [0.4, 0.5) is 0 Å². The molecule has 3 aliphatic heterocycles. The zero-order valence-corrected chi connectivity index (χ0v) is 15.5. The van der Waals surface area contributed by atoms with Crippen molar-refractivity contribution in [2.45, 2.75) is 30.9 Å².